The van der Waals surface area contributed by atoms with Crippen LogP contribution in [-0.4, -0.2) is 5.91 Å². The summed E-state index contributed by atoms with van der Waals surface area (Å²) in [6.45, 7) is 0. The quantitative estimate of drug-likeness (QED) is 0.919. The van der Waals surface area contributed by atoms with Gasteiger partial charge in [-0.15, -0.1) is 0 Å². The topological polar surface area (TPSA) is 52.9 Å². The lowest BCUT2D eigenvalue weighted by atomic mass is 9.92. The van der Waals surface area contributed by atoms with Crippen molar-refractivity contribution in [1.82, 2.24) is 0 Å². The molecule has 1 aliphatic rings. The maximum atomic E-state index is 11.5. The summed E-state index contributed by atoms with van der Waals surface area (Å²) in [7, 11) is 0. The SMILES string of the molecule is N#Cc1cccc(Cc2c(Cl)ccc3c2CCC(=O)N3)c1. The van der Waals surface area contributed by atoms with Crippen molar-refractivity contribution < 1.29 is 4.79 Å². The van der Waals surface area contributed by atoms with Gasteiger partial charge in [0.15, 0.2) is 0 Å². The Kier molecular flexibility index (Phi) is 3.64. The molecule has 2 aromatic carbocycles. The molecule has 0 atom stereocenters. The molecule has 0 saturated carbocycles. The minimum atomic E-state index is 0.0438. The van der Waals surface area contributed by atoms with E-state index in [-0.39, 0.29) is 5.91 Å². The highest BCUT2D eigenvalue weighted by Crippen LogP contribution is 2.32. The number of carbonyl (C=O) groups excluding carboxylic acids is 1. The molecule has 21 heavy (non-hydrogen) atoms. The van der Waals surface area contributed by atoms with E-state index in [0.29, 0.717) is 29.8 Å². The number of hydrogen-bond acceptors (Lipinski definition) is 2. The summed E-state index contributed by atoms with van der Waals surface area (Å²) in [6.07, 6.45) is 1.85. The van der Waals surface area contributed by atoms with Gasteiger partial charge in [0, 0.05) is 17.1 Å². The fourth-order valence-electron chi connectivity index (χ4n) is 2.66. The van der Waals surface area contributed by atoms with Crippen molar-refractivity contribution in [3.63, 3.8) is 0 Å². The first kappa shape index (κ1) is 13.7. The van der Waals surface area contributed by atoms with Crippen LogP contribution in [0, 0.1) is 11.3 Å². The molecular weight excluding hydrogens is 284 g/mol. The minimum absolute atomic E-state index is 0.0438. The molecular formula is C17H13ClN2O. The molecule has 0 unspecified atom stereocenters. The molecule has 0 bridgehead atoms. The van der Waals surface area contributed by atoms with Crippen LogP contribution in [-0.2, 0) is 17.6 Å². The number of benzene rings is 2. The van der Waals surface area contributed by atoms with Crippen LogP contribution in [0.3, 0.4) is 0 Å². The number of carbonyl (C=O) groups is 1. The summed E-state index contributed by atoms with van der Waals surface area (Å²) in [6, 6.07) is 13.3. The monoisotopic (exact) mass is 296 g/mol. The van der Waals surface area contributed by atoms with Gasteiger partial charge in [-0.05, 0) is 53.8 Å². The second-order valence-electron chi connectivity index (χ2n) is 5.09. The van der Waals surface area contributed by atoms with E-state index in [4.69, 9.17) is 16.9 Å². The maximum absolute atomic E-state index is 11.5. The van der Waals surface area contributed by atoms with Gasteiger partial charge in [0.1, 0.15) is 0 Å². The van der Waals surface area contributed by atoms with Crippen LogP contribution in [0.2, 0.25) is 5.02 Å². The Morgan fingerprint density at radius 2 is 2.10 bits per heavy atom. The first-order valence-corrected chi connectivity index (χ1v) is 7.14. The van der Waals surface area contributed by atoms with Crippen molar-refractivity contribution in [2.45, 2.75) is 19.3 Å². The number of nitriles is 1. The van der Waals surface area contributed by atoms with Crippen LogP contribution in [0.25, 0.3) is 0 Å². The Balaban J connectivity index is 2.00. The van der Waals surface area contributed by atoms with Crippen molar-refractivity contribution in [2.24, 2.45) is 0 Å². The van der Waals surface area contributed by atoms with Gasteiger partial charge in [-0.25, -0.2) is 0 Å². The zero-order valence-corrected chi connectivity index (χ0v) is 12.1. The number of nitrogens with zero attached hydrogens (tertiary/aromatic N) is 1. The molecule has 0 aromatic heterocycles. The van der Waals surface area contributed by atoms with Crippen LogP contribution in [0.1, 0.15) is 28.7 Å². The van der Waals surface area contributed by atoms with Gasteiger partial charge in [0.2, 0.25) is 5.91 Å². The molecule has 3 rings (SSSR count). The van der Waals surface area contributed by atoms with Crippen molar-refractivity contribution in [2.75, 3.05) is 5.32 Å². The van der Waals surface area contributed by atoms with Gasteiger partial charge in [0.05, 0.1) is 11.6 Å². The lowest BCUT2D eigenvalue weighted by Crippen LogP contribution is -2.20. The highest BCUT2D eigenvalue weighted by molar-refractivity contribution is 6.31. The van der Waals surface area contributed by atoms with E-state index < -0.39 is 0 Å². The molecule has 0 fully saturated rings. The lowest BCUT2D eigenvalue weighted by Gasteiger charge is -2.21. The summed E-state index contributed by atoms with van der Waals surface area (Å²) in [5, 5.41) is 12.6. The van der Waals surface area contributed by atoms with E-state index >= 15 is 0 Å². The Labute approximate surface area is 128 Å². The number of fused-ring (bicyclic) bond motifs is 1. The molecule has 1 aliphatic heterocycles. The molecule has 3 nitrogen and oxygen atoms in total. The smallest absolute Gasteiger partial charge is 0.224 e. The Morgan fingerprint density at radius 3 is 2.90 bits per heavy atom. The Morgan fingerprint density at radius 1 is 1.24 bits per heavy atom. The van der Waals surface area contributed by atoms with Gasteiger partial charge in [-0.1, -0.05) is 23.7 Å². The molecule has 4 heteroatoms. The summed E-state index contributed by atoms with van der Waals surface area (Å²) in [5.74, 6) is 0.0438. The molecule has 0 spiro atoms. The summed E-state index contributed by atoms with van der Waals surface area (Å²) < 4.78 is 0. The number of rotatable bonds is 2. The summed E-state index contributed by atoms with van der Waals surface area (Å²) in [4.78, 5) is 11.5. The predicted octanol–water partition coefficient (Wildman–Crippen LogP) is 3.69. The maximum Gasteiger partial charge on any atom is 0.224 e. The second-order valence-corrected chi connectivity index (χ2v) is 5.50. The molecule has 0 aliphatic carbocycles. The zero-order chi connectivity index (χ0) is 14.8. The third-order valence-electron chi connectivity index (χ3n) is 3.69. The minimum Gasteiger partial charge on any atom is -0.326 e. The first-order chi connectivity index (χ1) is 10.2. The van der Waals surface area contributed by atoms with Crippen LogP contribution in [0.4, 0.5) is 5.69 Å². The molecule has 1 amide bonds. The third kappa shape index (κ3) is 2.76. The molecule has 1 heterocycles. The Hall–Kier alpha value is -2.31. The standard InChI is InChI=1S/C17H13ClN2O/c18-15-5-6-16-13(4-7-17(21)20-16)14(15)9-11-2-1-3-12(8-11)10-19/h1-3,5-6,8H,4,7,9H2,(H,20,21). The van der Waals surface area contributed by atoms with Crippen LogP contribution in [0.5, 0.6) is 0 Å². The zero-order valence-electron chi connectivity index (χ0n) is 11.3. The van der Waals surface area contributed by atoms with Gasteiger partial charge in [0.25, 0.3) is 0 Å². The van der Waals surface area contributed by atoms with Gasteiger partial charge in [-0.2, -0.15) is 5.26 Å². The molecule has 0 saturated heterocycles. The van der Waals surface area contributed by atoms with E-state index in [9.17, 15) is 4.79 Å². The number of hydrogen-bond donors (Lipinski definition) is 1. The van der Waals surface area contributed by atoms with E-state index in [2.05, 4.69) is 11.4 Å². The average molecular weight is 297 g/mol. The molecule has 1 N–H and O–H groups in total. The van der Waals surface area contributed by atoms with E-state index in [1.807, 2.05) is 30.3 Å². The fourth-order valence-corrected chi connectivity index (χ4v) is 2.91. The number of halogens is 1. The van der Waals surface area contributed by atoms with Crippen molar-refractivity contribution >= 4 is 23.2 Å². The number of nitrogens with one attached hydrogen (secondary N) is 1. The number of anilines is 1. The van der Waals surface area contributed by atoms with Gasteiger partial charge >= 0.3 is 0 Å². The highest BCUT2D eigenvalue weighted by atomic mass is 35.5. The normalized spacial score (nSPS) is 13.2. The van der Waals surface area contributed by atoms with Crippen LogP contribution in [0.15, 0.2) is 36.4 Å². The third-order valence-corrected chi connectivity index (χ3v) is 4.04. The van der Waals surface area contributed by atoms with E-state index in [1.54, 1.807) is 6.07 Å². The second kappa shape index (κ2) is 5.59. The predicted molar refractivity (Wildman–Crippen MR) is 82.4 cm³/mol. The van der Waals surface area contributed by atoms with Crippen molar-refractivity contribution in [3.05, 3.63) is 63.7 Å². The fraction of sp³-hybridized carbons (Fsp3) is 0.176. The molecule has 104 valence electrons. The summed E-state index contributed by atoms with van der Waals surface area (Å²) >= 11 is 6.34. The van der Waals surface area contributed by atoms with E-state index in [1.165, 1.54) is 0 Å². The Bertz CT molecular complexity index is 762. The average Bonchev–Trinajstić information content (AvgIpc) is 2.50. The van der Waals surface area contributed by atoms with E-state index in [0.717, 1.165) is 22.4 Å². The van der Waals surface area contributed by atoms with Gasteiger partial charge < -0.3 is 5.32 Å². The first-order valence-electron chi connectivity index (χ1n) is 6.76. The van der Waals surface area contributed by atoms with Crippen LogP contribution >= 0.6 is 11.6 Å². The highest BCUT2D eigenvalue weighted by Gasteiger charge is 2.19. The lowest BCUT2D eigenvalue weighted by molar-refractivity contribution is -0.116. The van der Waals surface area contributed by atoms with Crippen molar-refractivity contribution in [3.8, 4) is 6.07 Å². The van der Waals surface area contributed by atoms with Gasteiger partial charge in [-0.3, -0.25) is 4.79 Å². The van der Waals surface area contributed by atoms with Crippen molar-refractivity contribution in [1.29, 1.82) is 5.26 Å². The number of amides is 1. The molecule has 2 aromatic rings. The van der Waals surface area contributed by atoms with Crippen LogP contribution < -0.4 is 5.32 Å². The molecule has 0 radical (unpaired) electrons. The summed E-state index contributed by atoms with van der Waals surface area (Å²) in [5.41, 5.74) is 4.67. The largest absolute Gasteiger partial charge is 0.326 e.